The maximum absolute atomic E-state index is 3.49. The van der Waals surface area contributed by atoms with Crippen LogP contribution in [0.3, 0.4) is 0 Å². The monoisotopic (exact) mass is 193 g/mol. The topological polar surface area (TPSA) is 15.8 Å². The van der Waals surface area contributed by atoms with E-state index in [4.69, 9.17) is 0 Å². The molecule has 0 aliphatic rings. The highest BCUT2D eigenvalue weighted by atomic mass is 14.7. The fourth-order valence-electron chi connectivity index (χ4n) is 1.74. The Morgan fingerprint density at radius 3 is 1.64 bits per heavy atom. The molecule has 0 radical (unpaired) electrons. The molecule has 1 heterocycles. The summed E-state index contributed by atoms with van der Waals surface area (Å²) >= 11 is 0. The normalized spacial score (nSPS) is 13.4. The first-order valence-corrected chi connectivity index (χ1v) is 5.33. The van der Waals surface area contributed by atoms with Gasteiger partial charge in [0.1, 0.15) is 0 Å². The summed E-state index contributed by atoms with van der Waals surface area (Å²) in [6, 6.07) is 2.31. The van der Waals surface area contributed by atoms with E-state index < -0.39 is 0 Å². The van der Waals surface area contributed by atoms with Gasteiger partial charge in [-0.15, -0.1) is 0 Å². The average Bonchev–Trinajstić information content (AvgIpc) is 2.27. The van der Waals surface area contributed by atoms with Crippen molar-refractivity contribution in [3.05, 3.63) is 23.0 Å². The van der Waals surface area contributed by atoms with Crippen molar-refractivity contribution in [1.82, 2.24) is 4.98 Å². The van der Waals surface area contributed by atoms with E-state index in [1.807, 2.05) is 0 Å². The zero-order valence-electron chi connectivity index (χ0n) is 10.6. The smallest absolute Gasteiger partial charge is 0.0206 e. The van der Waals surface area contributed by atoms with Crippen LogP contribution in [0.5, 0.6) is 0 Å². The summed E-state index contributed by atoms with van der Waals surface area (Å²) in [5.41, 5.74) is 4.53. The number of hydrogen-bond donors (Lipinski definition) is 1. The molecule has 0 aliphatic carbocycles. The zero-order valence-corrected chi connectivity index (χ0v) is 10.6. The lowest BCUT2D eigenvalue weighted by molar-refractivity contribution is 0.569. The summed E-state index contributed by atoms with van der Waals surface area (Å²) in [7, 11) is 0. The predicted molar refractivity (Wildman–Crippen MR) is 62.9 cm³/mol. The van der Waals surface area contributed by atoms with Crippen molar-refractivity contribution in [3.8, 4) is 0 Å². The molecule has 0 saturated carbocycles. The summed E-state index contributed by atoms with van der Waals surface area (Å²) in [6.45, 7) is 15.7. The molecule has 1 N–H and O–H groups in total. The molecule has 14 heavy (non-hydrogen) atoms. The van der Waals surface area contributed by atoms with Crippen LogP contribution in [-0.4, -0.2) is 4.98 Å². The molecule has 0 aliphatic heterocycles. The lowest BCUT2D eigenvalue weighted by Gasteiger charge is -2.18. The molecule has 0 fully saturated rings. The van der Waals surface area contributed by atoms with Gasteiger partial charge in [0.25, 0.3) is 0 Å². The van der Waals surface area contributed by atoms with Crippen molar-refractivity contribution in [2.45, 2.75) is 59.3 Å². The van der Waals surface area contributed by atoms with Crippen LogP contribution in [0.25, 0.3) is 0 Å². The Kier molecular flexibility index (Phi) is 2.55. The summed E-state index contributed by atoms with van der Waals surface area (Å²) in [4.78, 5) is 3.49. The second-order valence-electron chi connectivity index (χ2n) is 6.22. The molecule has 1 aromatic heterocycles. The molecule has 0 atom stereocenters. The summed E-state index contributed by atoms with van der Waals surface area (Å²) < 4.78 is 0. The van der Waals surface area contributed by atoms with E-state index >= 15 is 0 Å². The molecular formula is C13H23N. The highest BCUT2D eigenvalue weighted by Gasteiger charge is 2.23. The van der Waals surface area contributed by atoms with Gasteiger partial charge in [-0.1, -0.05) is 41.5 Å². The van der Waals surface area contributed by atoms with Crippen LogP contribution in [0.2, 0.25) is 0 Å². The Hall–Kier alpha value is -0.720. The van der Waals surface area contributed by atoms with Gasteiger partial charge < -0.3 is 4.98 Å². The van der Waals surface area contributed by atoms with E-state index in [1.165, 1.54) is 17.0 Å². The Labute approximate surface area is 87.9 Å². The number of aromatic nitrogens is 1. The molecule has 0 saturated heterocycles. The van der Waals surface area contributed by atoms with Gasteiger partial charge in [-0.05, 0) is 24.0 Å². The van der Waals surface area contributed by atoms with Crippen molar-refractivity contribution in [2.24, 2.45) is 0 Å². The standard InChI is InChI=1S/C13H23N/c1-9-10(12(2,3)4)8-11(14-9)13(5,6)7/h8,14H,1-7H3. The van der Waals surface area contributed by atoms with Crippen LogP contribution in [0.1, 0.15) is 58.5 Å². The highest BCUT2D eigenvalue weighted by Crippen LogP contribution is 2.30. The van der Waals surface area contributed by atoms with Gasteiger partial charge in [-0.25, -0.2) is 0 Å². The predicted octanol–water partition coefficient (Wildman–Crippen LogP) is 3.92. The Morgan fingerprint density at radius 2 is 1.43 bits per heavy atom. The van der Waals surface area contributed by atoms with E-state index in [2.05, 4.69) is 59.5 Å². The van der Waals surface area contributed by atoms with Gasteiger partial charge in [0.05, 0.1) is 0 Å². The van der Waals surface area contributed by atoms with E-state index in [0.29, 0.717) is 0 Å². The first-order chi connectivity index (χ1) is 6.12. The Balaban J connectivity index is 3.19. The summed E-state index contributed by atoms with van der Waals surface area (Å²) in [5, 5.41) is 0. The van der Waals surface area contributed by atoms with Crippen LogP contribution in [-0.2, 0) is 10.8 Å². The first kappa shape index (κ1) is 11.4. The second-order valence-corrected chi connectivity index (χ2v) is 6.22. The van der Waals surface area contributed by atoms with Gasteiger partial charge in [-0.2, -0.15) is 0 Å². The maximum atomic E-state index is 3.49. The third kappa shape index (κ3) is 2.20. The summed E-state index contributed by atoms with van der Waals surface area (Å²) in [6.07, 6.45) is 0. The lowest BCUT2D eigenvalue weighted by atomic mass is 9.85. The Morgan fingerprint density at radius 1 is 0.929 bits per heavy atom. The number of aromatic amines is 1. The molecule has 0 aromatic carbocycles. The molecule has 0 spiro atoms. The van der Waals surface area contributed by atoms with Gasteiger partial charge in [-0.3, -0.25) is 0 Å². The molecule has 1 heteroatoms. The molecule has 80 valence electrons. The van der Waals surface area contributed by atoms with Crippen molar-refractivity contribution in [1.29, 1.82) is 0 Å². The quantitative estimate of drug-likeness (QED) is 0.643. The van der Waals surface area contributed by atoms with E-state index in [1.54, 1.807) is 0 Å². The number of hydrogen-bond acceptors (Lipinski definition) is 0. The molecule has 0 amide bonds. The minimum atomic E-state index is 0.217. The second kappa shape index (κ2) is 3.15. The zero-order chi connectivity index (χ0) is 11.1. The largest absolute Gasteiger partial charge is 0.362 e. The number of aryl methyl sites for hydroxylation is 1. The van der Waals surface area contributed by atoms with Crippen LogP contribution in [0.4, 0.5) is 0 Å². The summed E-state index contributed by atoms with van der Waals surface area (Å²) in [5.74, 6) is 0. The van der Waals surface area contributed by atoms with Crippen molar-refractivity contribution in [3.63, 3.8) is 0 Å². The van der Waals surface area contributed by atoms with Gasteiger partial charge >= 0.3 is 0 Å². The van der Waals surface area contributed by atoms with E-state index in [-0.39, 0.29) is 10.8 Å². The van der Waals surface area contributed by atoms with Crippen LogP contribution in [0.15, 0.2) is 6.07 Å². The van der Waals surface area contributed by atoms with E-state index in [0.717, 1.165) is 0 Å². The van der Waals surface area contributed by atoms with Crippen LogP contribution >= 0.6 is 0 Å². The fourth-order valence-corrected chi connectivity index (χ4v) is 1.74. The lowest BCUT2D eigenvalue weighted by Crippen LogP contribution is -2.12. The number of nitrogens with one attached hydrogen (secondary N) is 1. The minimum absolute atomic E-state index is 0.217. The molecule has 0 bridgehead atoms. The molecule has 1 rings (SSSR count). The van der Waals surface area contributed by atoms with Crippen LogP contribution in [0, 0.1) is 6.92 Å². The maximum Gasteiger partial charge on any atom is 0.0206 e. The highest BCUT2D eigenvalue weighted by molar-refractivity contribution is 5.33. The van der Waals surface area contributed by atoms with Gasteiger partial charge in [0.15, 0.2) is 0 Å². The number of H-pyrrole nitrogens is 1. The average molecular weight is 193 g/mol. The fraction of sp³-hybridized carbons (Fsp3) is 0.692. The third-order valence-electron chi connectivity index (χ3n) is 2.63. The molecule has 0 unspecified atom stereocenters. The third-order valence-corrected chi connectivity index (χ3v) is 2.63. The molecule has 1 nitrogen and oxygen atoms in total. The minimum Gasteiger partial charge on any atom is -0.362 e. The molecular weight excluding hydrogens is 170 g/mol. The molecule has 1 aromatic rings. The van der Waals surface area contributed by atoms with Gasteiger partial charge in [0, 0.05) is 16.8 Å². The van der Waals surface area contributed by atoms with Crippen LogP contribution < -0.4 is 0 Å². The van der Waals surface area contributed by atoms with E-state index in [9.17, 15) is 0 Å². The Bertz CT molecular complexity index is 318. The van der Waals surface area contributed by atoms with Gasteiger partial charge in [0.2, 0.25) is 0 Å². The first-order valence-electron chi connectivity index (χ1n) is 5.33. The van der Waals surface area contributed by atoms with Crippen molar-refractivity contribution < 1.29 is 0 Å². The number of rotatable bonds is 0. The SMILES string of the molecule is Cc1[nH]c(C(C)(C)C)cc1C(C)(C)C. The van der Waals surface area contributed by atoms with Crippen molar-refractivity contribution in [2.75, 3.05) is 0 Å². The van der Waals surface area contributed by atoms with Crippen molar-refractivity contribution >= 4 is 0 Å².